The van der Waals surface area contributed by atoms with Crippen LogP contribution in [0.1, 0.15) is 11.6 Å². The van der Waals surface area contributed by atoms with Crippen LogP contribution in [0.4, 0.5) is 9.18 Å². The minimum atomic E-state index is -0.289. The van der Waals surface area contributed by atoms with Crippen LogP contribution in [-0.4, -0.2) is 73.5 Å². The molecule has 0 aromatic heterocycles. The molecule has 8 heteroatoms. The van der Waals surface area contributed by atoms with Gasteiger partial charge in [-0.25, -0.2) is 9.18 Å². The van der Waals surface area contributed by atoms with Crippen molar-refractivity contribution in [2.24, 2.45) is 29.6 Å². The van der Waals surface area contributed by atoms with E-state index in [0.717, 1.165) is 18.7 Å². The molecule has 1 aromatic carbocycles. The normalized spacial score (nSPS) is 34.4. The third-order valence-electron chi connectivity index (χ3n) is 7.17. The number of carbonyl (C=O) groups excluding carboxylic acids is 2. The molecule has 3 saturated heterocycles. The zero-order valence-corrected chi connectivity index (χ0v) is 17.6. The number of nitrogens with one attached hydrogen (secondary N) is 1. The molecule has 6 atom stereocenters. The molecule has 3 aliphatic heterocycles. The molecule has 5 rings (SSSR count). The summed E-state index contributed by atoms with van der Waals surface area (Å²) in [5, 5.41) is 3.34. The number of benzene rings is 1. The Morgan fingerprint density at radius 1 is 1.10 bits per heavy atom. The van der Waals surface area contributed by atoms with Gasteiger partial charge in [0.1, 0.15) is 5.82 Å². The van der Waals surface area contributed by atoms with Gasteiger partial charge in [0.05, 0.1) is 6.04 Å². The quantitative estimate of drug-likeness (QED) is 0.791. The van der Waals surface area contributed by atoms with Gasteiger partial charge in [-0.05, 0) is 42.6 Å². The van der Waals surface area contributed by atoms with Crippen molar-refractivity contribution in [1.29, 1.82) is 0 Å². The molecule has 0 radical (unpaired) electrons. The number of urea groups is 1. The molecular formula is C21H28ClFN4O2. The smallest absolute Gasteiger partial charge is 0.320 e. The van der Waals surface area contributed by atoms with Crippen molar-refractivity contribution >= 4 is 24.3 Å². The Hall–Kier alpha value is -1.86. The van der Waals surface area contributed by atoms with Gasteiger partial charge in [0.15, 0.2) is 0 Å². The maximum absolute atomic E-state index is 13.9. The molecule has 0 spiro atoms. The van der Waals surface area contributed by atoms with Crippen molar-refractivity contribution in [1.82, 2.24) is 20.0 Å². The fourth-order valence-electron chi connectivity index (χ4n) is 5.79. The number of likely N-dealkylation sites (tertiary alicyclic amines) is 2. The van der Waals surface area contributed by atoms with Crippen LogP contribution in [-0.2, 0) is 4.79 Å². The lowest BCUT2D eigenvalue weighted by atomic mass is 9.89. The Bertz CT molecular complexity index is 812. The van der Waals surface area contributed by atoms with E-state index in [9.17, 15) is 14.0 Å². The fourth-order valence-corrected chi connectivity index (χ4v) is 5.79. The maximum atomic E-state index is 13.9. The average molecular weight is 423 g/mol. The zero-order chi connectivity index (χ0) is 19.6. The molecule has 4 fully saturated rings. The summed E-state index contributed by atoms with van der Waals surface area (Å²) in [6.07, 6.45) is 0. The second kappa shape index (κ2) is 7.43. The Morgan fingerprint density at radius 2 is 1.83 bits per heavy atom. The predicted molar refractivity (Wildman–Crippen MR) is 109 cm³/mol. The summed E-state index contributed by atoms with van der Waals surface area (Å²) in [6.45, 7) is 3.89. The first kappa shape index (κ1) is 20.4. The van der Waals surface area contributed by atoms with Crippen molar-refractivity contribution in [3.63, 3.8) is 0 Å². The summed E-state index contributed by atoms with van der Waals surface area (Å²) >= 11 is 0. The topological polar surface area (TPSA) is 55.9 Å². The Kier molecular flexibility index (Phi) is 5.23. The number of hydrogen-bond donors (Lipinski definition) is 1. The van der Waals surface area contributed by atoms with E-state index in [1.54, 1.807) is 25.1 Å². The van der Waals surface area contributed by atoms with Crippen molar-refractivity contribution in [2.75, 3.05) is 46.8 Å². The van der Waals surface area contributed by atoms with Gasteiger partial charge in [0, 0.05) is 51.5 Å². The van der Waals surface area contributed by atoms with Gasteiger partial charge < -0.3 is 20.0 Å². The Morgan fingerprint density at radius 3 is 2.48 bits per heavy atom. The van der Waals surface area contributed by atoms with E-state index in [-0.39, 0.29) is 54.0 Å². The van der Waals surface area contributed by atoms with Crippen LogP contribution in [0.25, 0.3) is 0 Å². The third kappa shape index (κ3) is 3.28. The summed E-state index contributed by atoms with van der Waals surface area (Å²) in [7, 11) is 3.49. The highest BCUT2D eigenvalue weighted by Crippen LogP contribution is 2.52. The van der Waals surface area contributed by atoms with Gasteiger partial charge in [0.2, 0.25) is 5.91 Å². The van der Waals surface area contributed by atoms with Crippen LogP contribution in [0.15, 0.2) is 24.3 Å². The van der Waals surface area contributed by atoms with Crippen molar-refractivity contribution in [3.05, 3.63) is 35.6 Å². The highest BCUT2D eigenvalue weighted by molar-refractivity contribution is 5.85. The van der Waals surface area contributed by atoms with Gasteiger partial charge in [-0.3, -0.25) is 4.79 Å². The molecule has 158 valence electrons. The van der Waals surface area contributed by atoms with Crippen LogP contribution >= 0.6 is 12.4 Å². The SMILES string of the molecule is CN(C)C(=O)N1C[C@H]2CN(C(=O)C3[C@H]4CNC[C@@H]34)C[C@H]2[C@H]1c1cccc(F)c1.Cl. The van der Waals surface area contributed by atoms with Gasteiger partial charge in [-0.1, -0.05) is 12.1 Å². The van der Waals surface area contributed by atoms with E-state index < -0.39 is 0 Å². The monoisotopic (exact) mass is 422 g/mol. The van der Waals surface area contributed by atoms with Gasteiger partial charge >= 0.3 is 6.03 Å². The van der Waals surface area contributed by atoms with E-state index in [4.69, 9.17) is 0 Å². The zero-order valence-electron chi connectivity index (χ0n) is 16.8. The average Bonchev–Trinajstić information content (AvgIpc) is 3.04. The van der Waals surface area contributed by atoms with E-state index in [1.807, 2.05) is 15.9 Å². The first-order chi connectivity index (χ1) is 13.5. The number of amides is 3. The van der Waals surface area contributed by atoms with E-state index in [1.165, 1.54) is 12.1 Å². The van der Waals surface area contributed by atoms with E-state index >= 15 is 0 Å². The van der Waals surface area contributed by atoms with Crippen LogP contribution in [0.2, 0.25) is 0 Å². The third-order valence-corrected chi connectivity index (χ3v) is 7.17. The summed E-state index contributed by atoms with van der Waals surface area (Å²) in [5.74, 6) is 1.62. The lowest BCUT2D eigenvalue weighted by Crippen LogP contribution is -2.42. The minimum absolute atomic E-state index is 0. The molecule has 6 nitrogen and oxygen atoms in total. The van der Waals surface area contributed by atoms with Crippen LogP contribution in [0.5, 0.6) is 0 Å². The molecule has 4 aliphatic rings. The molecule has 1 unspecified atom stereocenters. The first-order valence-corrected chi connectivity index (χ1v) is 10.2. The number of carbonyl (C=O) groups is 2. The molecule has 1 aliphatic carbocycles. The molecule has 3 heterocycles. The second-order valence-corrected chi connectivity index (χ2v) is 9.01. The predicted octanol–water partition coefficient (Wildman–Crippen LogP) is 1.83. The summed E-state index contributed by atoms with van der Waals surface area (Å²) < 4.78 is 13.9. The summed E-state index contributed by atoms with van der Waals surface area (Å²) in [4.78, 5) is 31.3. The largest absolute Gasteiger partial charge is 0.342 e. The van der Waals surface area contributed by atoms with E-state index in [0.29, 0.717) is 31.5 Å². The number of halogens is 2. The Balaban J connectivity index is 0.00000205. The second-order valence-electron chi connectivity index (χ2n) is 9.01. The number of rotatable bonds is 2. The molecular weight excluding hydrogens is 395 g/mol. The van der Waals surface area contributed by atoms with Gasteiger partial charge in [-0.2, -0.15) is 0 Å². The summed E-state index contributed by atoms with van der Waals surface area (Å²) in [5.41, 5.74) is 0.824. The molecule has 0 bridgehead atoms. The first-order valence-electron chi connectivity index (χ1n) is 10.2. The highest BCUT2D eigenvalue weighted by Gasteiger charge is 2.59. The lowest BCUT2D eigenvalue weighted by Gasteiger charge is -2.32. The lowest BCUT2D eigenvalue weighted by molar-refractivity contribution is -0.132. The van der Waals surface area contributed by atoms with Gasteiger partial charge in [0.25, 0.3) is 0 Å². The number of piperidine rings is 1. The molecule has 1 aromatic rings. The van der Waals surface area contributed by atoms with Crippen molar-refractivity contribution in [3.8, 4) is 0 Å². The number of nitrogens with zero attached hydrogens (tertiary/aromatic N) is 3. The van der Waals surface area contributed by atoms with Crippen LogP contribution in [0.3, 0.4) is 0 Å². The molecule has 1 N–H and O–H groups in total. The standard InChI is InChI=1S/C21H27FN4O2.ClH/c1-24(2)21(28)26-10-13-9-25(20(27)18-15-7-23-8-16(15)18)11-17(13)19(26)12-4-3-5-14(22)6-12;/h3-6,13,15-19,23H,7-11H2,1-2H3;1H/t13-,15-,16+,17-,18?,19-;/m1./s1. The highest BCUT2D eigenvalue weighted by atomic mass is 35.5. The molecule has 29 heavy (non-hydrogen) atoms. The van der Waals surface area contributed by atoms with Crippen molar-refractivity contribution in [2.45, 2.75) is 6.04 Å². The summed E-state index contributed by atoms with van der Waals surface area (Å²) in [6, 6.07) is 6.32. The number of fused-ring (bicyclic) bond motifs is 2. The van der Waals surface area contributed by atoms with E-state index in [2.05, 4.69) is 5.32 Å². The fraction of sp³-hybridized carbons (Fsp3) is 0.619. The van der Waals surface area contributed by atoms with Crippen LogP contribution < -0.4 is 5.32 Å². The van der Waals surface area contributed by atoms with Gasteiger partial charge in [-0.15, -0.1) is 12.4 Å². The molecule has 1 saturated carbocycles. The molecule has 3 amide bonds. The van der Waals surface area contributed by atoms with Crippen molar-refractivity contribution < 1.29 is 14.0 Å². The Labute approximate surface area is 176 Å². The number of hydrogen-bond acceptors (Lipinski definition) is 3. The minimum Gasteiger partial charge on any atom is -0.342 e. The maximum Gasteiger partial charge on any atom is 0.320 e. The van der Waals surface area contributed by atoms with Crippen LogP contribution in [0, 0.1) is 35.4 Å².